The van der Waals surface area contributed by atoms with Gasteiger partial charge in [-0.2, -0.15) is 10.5 Å². The number of benzene rings is 7. The molecule has 0 aliphatic heterocycles. The van der Waals surface area contributed by atoms with Crippen LogP contribution in [-0.4, -0.2) is 12.6 Å². The van der Waals surface area contributed by atoms with Gasteiger partial charge in [-0.15, -0.1) is 0 Å². The summed E-state index contributed by atoms with van der Waals surface area (Å²) in [4.78, 5) is 0. The molecule has 7 aromatic carbocycles. The first kappa shape index (κ1) is 29.0. The number of para-hydroxylation sites is 1. The van der Waals surface area contributed by atoms with Crippen molar-refractivity contribution in [2.45, 2.75) is 0 Å². The van der Waals surface area contributed by atoms with E-state index in [1.807, 2.05) is 30.3 Å². The van der Waals surface area contributed by atoms with Crippen molar-refractivity contribution in [3.05, 3.63) is 187 Å². The molecule has 48 heavy (non-hydrogen) atoms. The maximum absolute atomic E-state index is 10.1. The van der Waals surface area contributed by atoms with Crippen LogP contribution in [0.3, 0.4) is 0 Å². The Morgan fingerprint density at radius 2 is 0.938 bits per heavy atom. The first-order chi connectivity index (χ1) is 23.7. The smallest absolute Gasteiger partial charge is 0.180 e. The molecule has 8 rings (SSSR count). The Morgan fingerprint density at radius 1 is 0.438 bits per heavy atom. The van der Waals surface area contributed by atoms with Gasteiger partial charge in [-0.1, -0.05) is 127 Å². The van der Waals surface area contributed by atoms with E-state index in [0.29, 0.717) is 11.1 Å². The quantitative estimate of drug-likeness (QED) is 0.141. The molecule has 0 bridgehead atoms. The molecule has 0 N–H and O–H groups in total. The third-order valence-corrected chi connectivity index (χ3v) is 14.3. The fraction of sp³-hybridized carbons (Fsp3) is 0. The predicted molar refractivity (Wildman–Crippen MR) is 199 cm³/mol. The van der Waals surface area contributed by atoms with Gasteiger partial charge >= 0.3 is 0 Å². The van der Waals surface area contributed by atoms with E-state index < -0.39 is 8.07 Å². The van der Waals surface area contributed by atoms with Gasteiger partial charge in [0.1, 0.15) is 0 Å². The molecule has 0 aliphatic carbocycles. The number of fused-ring (bicyclic) bond motifs is 3. The van der Waals surface area contributed by atoms with Crippen LogP contribution in [0.2, 0.25) is 0 Å². The maximum atomic E-state index is 10.1. The Balaban J connectivity index is 1.38. The summed E-state index contributed by atoms with van der Waals surface area (Å²) in [5.74, 6) is 0. The second-order valence-electron chi connectivity index (χ2n) is 12.0. The highest BCUT2D eigenvalue weighted by atomic mass is 28.3. The van der Waals surface area contributed by atoms with Crippen LogP contribution in [0.15, 0.2) is 176 Å². The van der Waals surface area contributed by atoms with Crippen LogP contribution in [0.4, 0.5) is 0 Å². The summed E-state index contributed by atoms with van der Waals surface area (Å²) in [6.07, 6.45) is 0. The van der Waals surface area contributed by atoms with Gasteiger partial charge in [-0.25, -0.2) is 0 Å². The van der Waals surface area contributed by atoms with Gasteiger partial charge in [0.15, 0.2) is 8.07 Å². The lowest BCUT2D eigenvalue weighted by atomic mass is 10.0. The average Bonchev–Trinajstić information content (AvgIpc) is 3.50. The third-order valence-electron chi connectivity index (χ3n) is 9.41. The summed E-state index contributed by atoms with van der Waals surface area (Å²) >= 11 is 0. The molecule has 0 spiro atoms. The van der Waals surface area contributed by atoms with E-state index in [0.717, 1.165) is 38.6 Å². The van der Waals surface area contributed by atoms with Crippen molar-refractivity contribution in [2.24, 2.45) is 0 Å². The number of hydrogen-bond acceptors (Lipinski definition) is 2. The molecule has 0 radical (unpaired) electrons. The minimum Gasteiger partial charge on any atom is -0.309 e. The standard InChI is InChI=1S/C44H29N3Si/c45-30-32-20-26-43-41(29-32)39-18-10-11-19-42(39)47(43)35-24-22-34(23-25-35)40-28-33(31-46)21-27-44(40)48(36-12-4-1-5-13-36,37-14-6-2-7-15-37)38-16-8-3-9-17-38/h1-29H. The van der Waals surface area contributed by atoms with Crippen molar-refractivity contribution in [3.8, 4) is 29.0 Å². The zero-order valence-electron chi connectivity index (χ0n) is 26.1. The molecule has 0 atom stereocenters. The highest BCUT2D eigenvalue weighted by Gasteiger charge is 2.43. The summed E-state index contributed by atoms with van der Waals surface area (Å²) in [5.41, 5.74) is 6.57. The van der Waals surface area contributed by atoms with E-state index in [1.54, 1.807) is 0 Å². The van der Waals surface area contributed by atoms with Crippen LogP contribution in [-0.2, 0) is 0 Å². The first-order valence-electron chi connectivity index (χ1n) is 16.0. The molecule has 0 amide bonds. The first-order valence-corrected chi connectivity index (χ1v) is 18.0. The molecule has 3 nitrogen and oxygen atoms in total. The predicted octanol–water partition coefficient (Wildman–Crippen LogP) is 7.57. The number of aromatic nitrogens is 1. The molecule has 0 aliphatic rings. The van der Waals surface area contributed by atoms with Gasteiger partial charge in [0.25, 0.3) is 0 Å². The highest BCUT2D eigenvalue weighted by Crippen LogP contribution is 2.33. The van der Waals surface area contributed by atoms with Crippen LogP contribution >= 0.6 is 0 Å². The lowest BCUT2D eigenvalue weighted by Crippen LogP contribution is -2.75. The minimum atomic E-state index is -2.85. The van der Waals surface area contributed by atoms with Gasteiger partial charge in [-0.05, 0) is 80.4 Å². The summed E-state index contributed by atoms with van der Waals surface area (Å²) in [6, 6.07) is 66.4. The normalized spacial score (nSPS) is 11.3. The Hall–Kier alpha value is -6.46. The zero-order chi connectivity index (χ0) is 32.5. The molecule has 0 unspecified atom stereocenters. The van der Waals surface area contributed by atoms with Crippen LogP contribution < -0.4 is 20.7 Å². The Labute approximate surface area is 280 Å². The minimum absolute atomic E-state index is 0.630. The Kier molecular flexibility index (Phi) is 7.27. The van der Waals surface area contributed by atoms with Gasteiger partial charge in [-0.3, -0.25) is 0 Å². The van der Waals surface area contributed by atoms with E-state index in [2.05, 4.69) is 162 Å². The fourth-order valence-electron chi connectivity index (χ4n) is 7.32. The highest BCUT2D eigenvalue weighted by molar-refractivity contribution is 7.20. The Morgan fingerprint density at radius 3 is 1.52 bits per heavy atom. The summed E-state index contributed by atoms with van der Waals surface area (Å²) < 4.78 is 2.26. The van der Waals surface area contributed by atoms with Crippen molar-refractivity contribution < 1.29 is 0 Å². The summed E-state index contributed by atoms with van der Waals surface area (Å²) in [7, 11) is -2.85. The number of nitrogens with zero attached hydrogens (tertiary/aromatic N) is 3. The zero-order valence-corrected chi connectivity index (χ0v) is 27.1. The Bertz CT molecular complexity index is 2410. The van der Waals surface area contributed by atoms with E-state index in [9.17, 15) is 10.5 Å². The average molecular weight is 628 g/mol. The van der Waals surface area contributed by atoms with Crippen molar-refractivity contribution in [2.75, 3.05) is 0 Å². The molecule has 4 heteroatoms. The number of rotatable bonds is 6. The monoisotopic (exact) mass is 627 g/mol. The second kappa shape index (κ2) is 12.0. The maximum Gasteiger partial charge on any atom is 0.180 e. The van der Waals surface area contributed by atoms with E-state index in [4.69, 9.17) is 0 Å². The molecule has 0 saturated heterocycles. The van der Waals surface area contributed by atoms with Gasteiger partial charge in [0, 0.05) is 16.5 Å². The SMILES string of the molecule is N#Cc1ccc([Si](c2ccccc2)(c2ccccc2)c2ccccc2)c(-c2ccc(-n3c4ccccc4c4cc(C#N)ccc43)cc2)c1. The number of nitriles is 2. The summed E-state index contributed by atoms with van der Waals surface area (Å²) in [5, 5.41) is 27.0. The molecule has 8 aromatic rings. The molecular formula is C44H29N3Si. The van der Waals surface area contributed by atoms with Crippen molar-refractivity contribution >= 4 is 50.6 Å². The molecule has 0 saturated carbocycles. The van der Waals surface area contributed by atoms with Crippen LogP contribution in [0.1, 0.15) is 11.1 Å². The fourth-order valence-corrected chi connectivity index (χ4v) is 12.3. The summed E-state index contributed by atoms with van der Waals surface area (Å²) in [6.45, 7) is 0. The second-order valence-corrected chi connectivity index (χ2v) is 15.7. The molecule has 224 valence electrons. The van der Waals surface area contributed by atoms with Crippen LogP contribution in [0.25, 0.3) is 38.6 Å². The lowest BCUT2D eigenvalue weighted by Gasteiger charge is -2.36. The largest absolute Gasteiger partial charge is 0.309 e. The van der Waals surface area contributed by atoms with Crippen LogP contribution in [0.5, 0.6) is 0 Å². The molecule has 1 heterocycles. The van der Waals surface area contributed by atoms with Gasteiger partial charge in [0.05, 0.1) is 34.3 Å². The van der Waals surface area contributed by atoms with Crippen molar-refractivity contribution in [1.29, 1.82) is 10.5 Å². The number of hydrogen-bond donors (Lipinski definition) is 0. The van der Waals surface area contributed by atoms with E-state index in [1.165, 1.54) is 20.7 Å². The van der Waals surface area contributed by atoms with Crippen LogP contribution in [0, 0.1) is 22.7 Å². The van der Waals surface area contributed by atoms with Gasteiger partial charge < -0.3 is 4.57 Å². The molecule has 0 fully saturated rings. The third kappa shape index (κ3) is 4.64. The molecular weight excluding hydrogens is 599 g/mol. The molecule has 1 aromatic heterocycles. The lowest BCUT2D eigenvalue weighted by molar-refractivity contribution is 1.18. The van der Waals surface area contributed by atoms with E-state index >= 15 is 0 Å². The van der Waals surface area contributed by atoms with Crippen molar-refractivity contribution in [1.82, 2.24) is 4.57 Å². The van der Waals surface area contributed by atoms with Crippen molar-refractivity contribution in [3.63, 3.8) is 0 Å². The van der Waals surface area contributed by atoms with Gasteiger partial charge in [0.2, 0.25) is 0 Å². The van der Waals surface area contributed by atoms with E-state index in [-0.39, 0.29) is 0 Å². The topological polar surface area (TPSA) is 52.5 Å².